The van der Waals surface area contributed by atoms with Gasteiger partial charge in [-0.15, -0.1) is 0 Å². The Morgan fingerprint density at radius 3 is 2.36 bits per heavy atom. The van der Waals surface area contributed by atoms with Gasteiger partial charge in [0.15, 0.2) is 0 Å². The highest BCUT2D eigenvalue weighted by molar-refractivity contribution is 5.69. The van der Waals surface area contributed by atoms with Crippen LogP contribution in [0.4, 0.5) is 4.39 Å². The summed E-state index contributed by atoms with van der Waals surface area (Å²) < 4.78 is 26.1. The van der Waals surface area contributed by atoms with E-state index in [0.717, 1.165) is 0 Å². The highest BCUT2D eigenvalue weighted by atomic mass is 19.1. The summed E-state index contributed by atoms with van der Waals surface area (Å²) in [6.45, 7) is 2.80. The van der Waals surface area contributed by atoms with Gasteiger partial charge in [-0.1, -0.05) is 0 Å². The van der Waals surface area contributed by atoms with Gasteiger partial charge < -0.3 is 14.2 Å². The average molecular weight is 208 g/mol. The molecule has 0 atom stereocenters. The van der Waals surface area contributed by atoms with Crippen molar-refractivity contribution in [3.05, 3.63) is 0 Å². The Morgan fingerprint density at radius 1 is 1.14 bits per heavy atom. The van der Waals surface area contributed by atoms with Gasteiger partial charge in [0.05, 0.1) is 39.5 Å². The Hall–Kier alpha value is -0.680. The van der Waals surface area contributed by atoms with Crippen LogP contribution in [0.25, 0.3) is 0 Å². The summed E-state index contributed by atoms with van der Waals surface area (Å²) in [5.74, 6) is -0.267. The zero-order chi connectivity index (χ0) is 10.6. The monoisotopic (exact) mass is 208 g/mol. The summed E-state index contributed by atoms with van der Waals surface area (Å²) in [4.78, 5) is 10.8. The molecule has 0 aliphatic heterocycles. The molecule has 0 bridgehead atoms. The van der Waals surface area contributed by atoms with Gasteiger partial charge in [-0.05, 0) is 6.92 Å². The first-order valence-corrected chi connectivity index (χ1v) is 4.68. The van der Waals surface area contributed by atoms with Gasteiger partial charge in [-0.25, -0.2) is 4.39 Å². The summed E-state index contributed by atoms with van der Waals surface area (Å²) in [7, 11) is 0. The summed E-state index contributed by atoms with van der Waals surface area (Å²) in [5, 5.41) is 0. The maximum Gasteiger partial charge on any atom is 0.308 e. The molecule has 0 fully saturated rings. The Bertz CT molecular complexity index is 141. The van der Waals surface area contributed by atoms with E-state index in [0.29, 0.717) is 26.4 Å². The van der Waals surface area contributed by atoms with Crippen molar-refractivity contribution in [1.29, 1.82) is 0 Å². The van der Waals surface area contributed by atoms with Crippen LogP contribution in [-0.2, 0) is 19.0 Å². The van der Waals surface area contributed by atoms with Crippen LogP contribution in [0.2, 0.25) is 0 Å². The smallest absolute Gasteiger partial charge is 0.308 e. The lowest BCUT2D eigenvalue weighted by molar-refractivity contribution is -0.144. The van der Waals surface area contributed by atoms with E-state index in [1.165, 1.54) is 0 Å². The van der Waals surface area contributed by atoms with Crippen molar-refractivity contribution >= 4 is 5.97 Å². The predicted octanol–water partition coefficient (Wildman–Crippen LogP) is 0.942. The van der Waals surface area contributed by atoms with Gasteiger partial charge in [-0.2, -0.15) is 0 Å². The largest absolute Gasteiger partial charge is 0.466 e. The van der Waals surface area contributed by atoms with E-state index in [-0.39, 0.29) is 19.0 Å². The summed E-state index contributed by atoms with van der Waals surface area (Å²) >= 11 is 0. The number of halogens is 1. The number of alkyl halides is 1. The summed E-state index contributed by atoms with van der Waals surface area (Å²) in [5.41, 5.74) is 0. The van der Waals surface area contributed by atoms with E-state index in [1.54, 1.807) is 6.92 Å². The molecule has 0 spiro atoms. The van der Waals surface area contributed by atoms with Crippen molar-refractivity contribution in [1.82, 2.24) is 0 Å². The van der Waals surface area contributed by atoms with Crippen LogP contribution in [0.3, 0.4) is 0 Å². The van der Waals surface area contributed by atoms with Crippen molar-refractivity contribution in [2.45, 2.75) is 13.3 Å². The van der Waals surface area contributed by atoms with E-state index in [2.05, 4.69) is 4.74 Å². The van der Waals surface area contributed by atoms with Gasteiger partial charge in [0.25, 0.3) is 0 Å². The number of ether oxygens (including phenoxy) is 3. The molecule has 0 aromatic heterocycles. The molecule has 0 aliphatic rings. The lowest BCUT2D eigenvalue weighted by Crippen LogP contribution is -2.11. The van der Waals surface area contributed by atoms with Crippen molar-refractivity contribution < 1.29 is 23.4 Å². The Balaban J connectivity index is 3.01. The normalized spacial score (nSPS) is 10.1. The molecule has 0 aromatic rings. The molecule has 4 nitrogen and oxygen atoms in total. The lowest BCUT2D eigenvalue weighted by Gasteiger charge is -2.04. The van der Waals surface area contributed by atoms with Gasteiger partial charge >= 0.3 is 5.97 Å². The fraction of sp³-hybridized carbons (Fsp3) is 0.889. The molecule has 0 heterocycles. The third-order valence-electron chi connectivity index (χ3n) is 1.35. The van der Waals surface area contributed by atoms with Crippen LogP contribution in [0.1, 0.15) is 13.3 Å². The first-order valence-electron chi connectivity index (χ1n) is 4.68. The second kappa shape index (κ2) is 10.4. The third kappa shape index (κ3) is 9.41. The molecule has 0 rings (SSSR count). The fourth-order valence-electron chi connectivity index (χ4n) is 0.765. The number of carbonyl (C=O) groups excluding carboxylic acids is 1. The molecule has 84 valence electrons. The Kier molecular flexibility index (Phi) is 9.90. The Labute approximate surface area is 83.3 Å². The summed E-state index contributed by atoms with van der Waals surface area (Å²) in [6.07, 6.45) is 0.247. The van der Waals surface area contributed by atoms with Crippen molar-refractivity contribution in [2.75, 3.05) is 39.7 Å². The second-order valence-electron chi connectivity index (χ2n) is 2.47. The van der Waals surface area contributed by atoms with Crippen molar-refractivity contribution in [3.63, 3.8) is 0 Å². The van der Waals surface area contributed by atoms with E-state index < -0.39 is 6.67 Å². The molecule has 0 saturated heterocycles. The van der Waals surface area contributed by atoms with Crippen LogP contribution in [0.15, 0.2) is 0 Å². The number of rotatable bonds is 9. The maximum absolute atomic E-state index is 11.5. The molecule has 0 saturated carbocycles. The minimum absolute atomic E-state index is 0.0984. The topological polar surface area (TPSA) is 44.8 Å². The van der Waals surface area contributed by atoms with Crippen LogP contribution < -0.4 is 0 Å². The molecule has 0 unspecified atom stereocenters. The minimum Gasteiger partial charge on any atom is -0.466 e. The van der Waals surface area contributed by atoms with Gasteiger partial charge in [0.1, 0.15) is 6.67 Å². The highest BCUT2D eigenvalue weighted by Gasteiger charge is 2.00. The predicted molar refractivity (Wildman–Crippen MR) is 48.9 cm³/mol. The third-order valence-corrected chi connectivity index (χ3v) is 1.35. The van der Waals surface area contributed by atoms with Crippen molar-refractivity contribution in [3.8, 4) is 0 Å². The molecule has 0 aromatic carbocycles. The van der Waals surface area contributed by atoms with Crippen LogP contribution in [-0.4, -0.2) is 45.7 Å². The van der Waals surface area contributed by atoms with Crippen LogP contribution in [0.5, 0.6) is 0 Å². The quantitative estimate of drug-likeness (QED) is 0.418. The minimum atomic E-state index is -0.483. The molecule has 0 radical (unpaired) electrons. The molecule has 0 amide bonds. The number of hydrogen-bond donors (Lipinski definition) is 0. The fourth-order valence-corrected chi connectivity index (χ4v) is 0.765. The number of carbonyl (C=O) groups is 1. The zero-order valence-corrected chi connectivity index (χ0v) is 8.46. The molecular weight excluding hydrogens is 191 g/mol. The molecule has 14 heavy (non-hydrogen) atoms. The van der Waals surface area contributed by atoms with E-state index in [1.807, 2.05) is 0 Å². The molecule has 0 N–H and O–H groups in total. The van der Waals surface area contributed by atoms with E-state index >= 15 is 0 Å². The number of esters is 1. The highest BCUT2D eigenvalue weighted by Crippen LogP contribution is 1.88. The maximum atomic E-state index is 11.5. The number of hydrogen-bond acceptors (Lipinski definition) is 4. The second-order valence-corrected chi connectivity index (χ2v) is 2.47. The van der Waals surface area contributed by atoms with Gasteiger partial charge in [-0.3, -0.25) is 4.79 Å². The SMILES string of the molecule is CCOC(=O)CCOCCOCCF. The van der Waals surface area contributed by atoms with Crippen LogP contribution >= 0.6 is 0 Å². The standard InChI is InChI=1S/C9H17FO4/c1-2-14-9(11)3-5-12-7-8-13-6-4-10/h2-8H2,1H3. The zero-order valence-electron chi connectivity index (χ0n) is 8.46. The van der Waals surface area contributed by atoms with E-state index in [9.17, 15) is 9.18 Å². The lowest BCUT2D eigenvalue weighted by atomic mass is 10.5. The van der Waals surface area contributed by atoms with Crippen LogP contribution in [0, 0.1) is 0 Å². The van der Waals surface area contributed by atoms with E-state index in [4.69, 9.17) is 9.47 Å². The molecule has 5 heteroatoms. The molecular formula is C9H17FO4. The first-order chi connectivity index (χ1) is 6.81. The van der Waals surface area contributed by atoms with Crippen molar-refractivity contribution in [2.24, 2.45) is 0 Å². The Morgan fingerprint density at radius 2 is 1.79 bits per heavy atom. The molecule has 0 aliphatic carbocycles. The average Bonchev–Trinajstić information content (AvgIpc) is 2.17. The van der Waals surface area contributed by atoms with Gasteiger partial charge in [0.2, 0.25) is 0 Å². The van der Waals surface area contributed by atoms with Gasteiger partial charge in [0, 0.05) is 0 Å². The summed E-state index contributed by atoms with van der Waals surface area (Å²) in [6, 6.07) is 0. The first kappa shape index (κ1) is 13.3.